The first-order valence-corrected chi connectivity index (χ1v) is 7.35. The van der Waals surface area contributed by atoms with Crippen LogP contribution in [0.4, 0.5) is 5.69 Å². The van der Waals surface area contributed by atoms with Gasteiger partial charge in [0, 0.05) is 12.2 Å². The lowest BCUT2D eigenvalue weighted by Crippen LogP contribution is -2.40. The van der Waals surface area contributed by atoms with Crippen LogP contribution in [0, 0.1) is 5.92 Å². The second-order valence-electron chi connectivity index (χ2n) is 5.82. The summed E-state index contributed by atoms with van der Waals surface area (Å²) in [5, 5.41) is 9.07. The van der Waals surface area contributed by atoms with Crippen LogP contribution in [0.5, 0.6) is 0 Å². The number of benzene rings is 1. The van der Waals surface area contributed by atoms with Crippen molar-refractivity contribution in [3.63, 3.8) is 0 Å². The van der Waals surface area contributed by atoms with E-state index in [1.807, 2.05) is 6.92 Å². The number of hydrogen-bond donors (Lipinski definition) is 1. The van der Waals surface area contributed by atoms with E-state index >= 15 is 0 Å². The summed E-state index contributed by atoms with van der Waals surface area (Å²) in [4.78, 5) is 25.5. The maximum absolute atomic E-state index is 12.7. The van der Waals surface area contributed by atoms with E-state index in [0.29, 0.717) is 13.2 Å². The third-order valence-corrected chi connectivity index (χ3v) is 4.26. The molecular weight excluding hydrogens is 270 g/mol. The van der Waals surface area contributed by atoms with E-state index in [4.69, 9.17) is 9.84 Å². The van der Waals surface area contributed by atoms with Crippen LogP contribution in [0.3, 0.4) is 0 Å². The quantitative estimate of drug-likeness (QED) is 0.905. The average molecular weight is 289 g/mol. The van der Waals surface area contributed by atoms with Gasteiger partial charge >= 0.3 is 5.97 Å². The number of aryl methyl sites for hydroxylation is 1. The van der Waals surface area contributed by atoms with Crippen LogP contribution in [0.25, 0.3) is 0 Å². The minimum Gasteiger partial charge on any atom is -0.478 e. The molecular formula is C16H19NO4. The SMILES string of the molecule is CC1CC(C(=O)N2CCCc3cc(C(=O)O)ccc32)CO1. The minimum atomic E-state index is -0.931. The van der Waals surface area contributed by atoms with Gasteiger partial charge in [-0.05, 0) is 49.9 Å². The van der Waals surface area contributed by atoms with Crippen molar-refractivity contribution in [2.24, 2.45) is 5.92 Å². The monoisotopic (exact) mass is 289 g/mol. The third-order valence-electron chi connectivity index (χ3n) is 4.26. The number of carboxylic acid groups (broad SMARTS) is 1. The molecule has 2 aliphatic heterocycles. The summed E-state index contributed by atoms with van der Waals surface area (Å²) in [6, 6.07) is 5.01. The molecule has 2 heterocycles. The largest absolute Gasteiger partial charge is 0.478 e. The van der Waals surface area contributed by atoms with Crippen molar-refractivity contribution < 1.29 is 19.4 Å². The molecule has 112 valence electrons. The second kappa shape index (κ2) is 5.48. The Balaban J connectivity index is 1.86. The molecule has 0 aromatic heterocycles. The number of carbonyl (C=O) groups is 2. The van der Waals surface area contributed by atoms with Crippen LogP contribution in [-0.2, 0) is 16.0 Å². The topological polar surface area (TPSA) is 66.8 Å². The van der Waals surface area contributed by atoms with Gasteiger partial charge in [-0.3, -0.25) is 4.79 Å². The summed E-state index contributed by atoms with van der Waals surface area (Å²) in [7, 11) is 0. The Labute approximate surface area is 123 Å². The van der Waals surface area contributed by atoms with Crippen LogP contribution in [0.2, 0.25) is 0 Å². The van der Waals surface area contributed by atoms with Crippen molar-refractivity contribution >= 4 is 17.6 Å². The lowest BCUT2D eigenvalue weighted by molar-refractivity contribution is -0.122. The Morgan fingerprint density at radius 3 is 2.86 bits per heavy atom. The summed E-state index contributed by atoms with van der Waals surface area (Å²) in [5.74, 6) is -0.909. The predicted octanol–water partition coefficient (Wildman–Crippen LogP) is 2.09. The molecule has 0 saturated carbocycles. The number of carboxylic acids is 1. The number of ether oxygens (including phenoxy) is 1. The van der Waals surface area contributed by atoms with Gasteiger partial charge < -0.3 is 14.7 Å². The van der Waals surface area contributed by atoms with E-state index < -0.39 is 5.97 Å². The summed E-state index contributed by atoms with van der Waals surface area (Å²) in [6.07, 6.45) is 2.58. The first-order valence-electron chi connectivity index (χ1n) is 7.35. The van der Waals surface area contributed by atoms with Crippen LogP contribution >= 0.6 is 0 Å². The van der Waals surface area contributed by atoms with Gasteiger partial charge in [-0.15, -0.1) is 0 Å². The Kier molecular flexibility index (Phi) is 3.68. The molecule has 0 bridgehead atoms. The highest BCUT2D eigenvalue weighted by atomic mass is 16.5. The summed E-state index contributed by atoms with van der Waals surface area (Å²) < 4.78 is 5.49. The average Bonchev–Trinajstić information content (AvgIpc) is 2.91. The Hall–Kier alpha value is -1.88. The zero-order valence-corrected chi connectivity index (χ0v) is 12.0. The van der Waals surface area contributed by atoms with Gasteiger partial charge in [-0.1, -0.05) is 0 Å². The predicted molar refractivity (Wildman–Crippen MR) is 77.6 cm³/mol. The van der Waals surface area contributed by atoms with Gasteiger partial charge in [0.15, 0.2) is 0 Å². The van der Waals surface area contributed by atoms with Crippen molar-refractivity contribution in [1.82, 2.24) is 0 Å². The highest BCUT2D eigenvalue weighted by Gasteiger charge is 2.33. The summed E-state index contributed by atoms with van der Waals surface area (Å²) in [6.45, 7) is 3.17. The van der Waals surface area contributed by atoms with Gasteiger partial charge in [-0.2, -0.15) is 0 Å². The highest BCUT2D eigenvalue weighted by Crippen LogP contribution is 2.31. The molecule has 1 aromatic rings. The van der Waals surface area contributed by atoms with Crippen LogP contribution in [-0.4, -0.2) is 36.2 Å². The standard InChI is InChI=1S/C16H19NO4/c1-10-7-13(9-21-10)15(18)17-6-2-3-11-8-12(16(19)20)4-5-14(11)17/h4-5,8,10,13H,2-3,6-7,9H2,1H3,(H,19,20). The number of amides is 1. The lowest BCUT2D eigenvalue weighted by Gasteiger charge is -2.31. The molecule has 3 rings (SSSR count). The Morgan fingerprint density at radius 1 is 1.38 bits per heavy atom. The molecule has 2 aliphatic rings. The van der Waals surface area contributed by atoms with Crippen molar-refractivity contribution in [2.45, 2.75) is 32.3 Å². The smallest absolute Gasteiger partial charge is 0.335 e. The van der Waals surface area contributed by atoms with Crippen molar-refractivity contribution in [3.8, 4) is 0 Å². The van der Waals surface area contributed by atoms with E-state index in [0.717, 1.165) is 30.5 Å². The fourth-order valence-electron chi connectivity index (χ4n) is 3.17. The fraction of sp³-hybridized carbons (Fsp3) is 0.500. The summed E-state index contributed by atoms with van der Waals surface area (Å²) >= 11 is 0. The molecule has 2 atom stereocenters. The highest BCUT2D eigenvalue weighted by molar-refractivity contribution is 5.97. The molecule has 1 N–H and O–H groups in total. The number of rotatable bonds is 2. The number of fused-ring (bicyclic) bond motifs is 1. The van der Waals surface area contributed by atoms with Crippen molar-refractivity contribution in [1.29, 1.82) is 0 Å². The van der Waals surface area contributed by atoms with E-state index in [1.54, 1.807) is 23.1 Å². The first kappa shape index (κ1) is 14.1. The lowest BCUT2D eigenvalue weighted by atomic mass is 9.96. The van der Waals surface area contributed by atoms with Gasteiger partial charge in [0.25, 0.3) is 0 Å². The molecule has 1 saturated heterocycles. The van der Waals surface area contributed by atoms with Crippen LogP contribution < -0.4 is 4.90 Å². The zero-order valence-electron chi connectivity index (χ0n) is 12.0. The Bertz CT molecular complexity index is 584. The summed E-state index contributed by atoms with van der Waals surface area (Å²) in [5.41, 5.74) is 2.08. The number of hydrogen-bond acceptors (Lipinski definition) is 3. The minimum absolute atomic E-state index is 0.0786. The number of anilines is 1. The number of aromatic carboxylic acids is 1. The zero-order chi connectivity index (χ0) is 15.0. The molecule has 1 fully saturated rings. The van der Waals surface area contributed by atoms with E-state index in [2.05, 4.69) is 0 Å². The molecule has 21 heavy (non-hydrogen) atoms. The number of nitrogens with zero attached hydrogens (tertiary/aromatic N) is 1. The first-order chi connectivity index (χ1) is 10.1. The molecule has 5 heteroatoms. The molecule has 1 amide bonds. The molecule has 2 unspecified atom stereocenters. The van der Waals surface area contributed by atoms with Crippen molar-refractivity contribution in [3.05, 3.63) is 29.3 Å². The normalized spacial score (nSPS) is 24.7. The molecule has 0 radical (unpaired) electrons. The van der Waals surface area contributed by atoms with Crippen molar-refractivity contribution in [2.75, 3.05) is 18.1 Å². The van der Waals surface area contributed by atoms with E-state index in [9.17, 15) is 9.59 Å². The molecule has 0 aliphatic carbocycles. The maximum Gasteiger partial charge on any atom is 0.335 e. The van der Waals surface area contributed by atoms with Gasteiger partial charge in [0.05, 0.1) is 24.2 Å². The second-order valence-corrected chi connectivity index (χ2v) is 5.82. The molecule has 0 spiro atoms. The third kappa shape index (κ3) is 2.65. The van der Waals surface area contributed by atoms with E-state index in [-0.39, 0.29) is 23.5 Å². The van der Waals surface area contributed by atoms with Crippen LogP contribution in [0.1, 0.15) is 35.7 Å². The van der Waals surface area contributed by atoms with Gasteiger partial charge in [-0.25, -0.2) is 4.79 Å². The van der Waals surface area contributed by atoms with Gasteiger partial charge in [0.1, 0.15) is 0 Å². The molecule has 5 nitrogen and oxygen atoms in total. The maximum atomic E-state index is 12.7. The molecule has 1 aromatic carbocycles. The van der Waals surface area contributed by atoms with E-state index in [1.165, 1.54) is 0 Å². The number of carbonyl (C=O) groups excluding carboxylic acids is 1. The van der Waals surface area contributed by atoms with Gasteiger partial charge in [0.2, 0.25) is 5.91 Å². The van der Waals surface area contributed by atoms with Crippen LogP contribution in [0.15, 0.2) is 18.2 Å². The fourth-order valence-corrected chi connectivity index (χ4v) is 3.17. The Morgan fingerprint density at radius 2 is 2.19 bits per heavy atom.